The summed E-state index contributed by atoms with van der Waals surface area (Å²) < 4.78 is 0. The number of hydrogen-bond donors (Lipinski definition) is 1. The molecule has 1 aromatic carbocycles. The molecule has 0 saturated heterocycles. The average molecular weight is 205 g/mol. The van der Waals surface area contributed by atoms with E-state index < -0.39 is 4.92 Å². The van der Waals surface area contributed by atoms with Gasteiger partial charge in [-0.2, -0.15) is 4.79 Å². The van der Waals surface area contributed by atoms with Crippen molar-refractivity contribution >= 4 is 5.69 Å². The smallest absolute Gasteiger partial charge is 0.270 e. The zero-order valence-electron chi connectivity index (χ0n) is 7.57. The quantitative estimate of drug-likeness (QED) is 0.438. The van der Waals surface area contributed by atoms with Crippen molar-refractivity contribution in [3.05, 3.63) is 40.6 Å². The van der Waals surface area contributed by atoms with Crippen LogP contribution in [0.5, 0.6) is 0 Å². The molecule has 2 N–H and O–H groups in total. The lowest BCUT2D eigenvalue weighted by atomic mass is 10.1. The number of rotatable bonds is 2. The largest absolute Gasteiger partial charge is 0.322 e. The summed E-state index contributed by atoms with van der Waals surface area (Å²) in [6.45, 7) is 0. The van der Waals surface area contributed by atoms with Gasteiger partial charge >= 0.3 is 0 Å². The Hall–Kier alpha value is -2.44. The van der Waals surface area contributed by atoms with Crippen molar-refractivity contribution in [2.75, 3.05) is 5.84 Å². The maximum atomic E-state index is 10.5. The van der Waals surface area contributed by atoms with Gasteiger partial charge in [0.25, 0.3) is 5.69 Å². The minimum Gasteiger partial charge on any atom is -0.322 e. The Morgan fingerprint density at radius 1 is 1.47 bits per heavy atom. The second-order valence-electron chi connectivity index (χ2n) is 2.89. The molecule has 1 heterocycles. The van der Waals surface area contributed by atoms with Crippen LogP contribution in [0, 0.1) is 10.1 Å². The maximum Gasteiger partial charge on any atom is 0.270 e. The van der Waals surface area contributed by atoms with Gasteiger partial charge in [0.2, 0.25) is 0 Å². The van der Waals surface area contributed by atoms with E-state index >= 15 is 0 Å². The molecule has 0 aliphatic rings. The van der Waals surface area contributed by atoms with Crippen LogP contribution in [0.15, 0.2) is 30.5 Å². The number of benzene rings is 1. The van der Waals surface area contributed by atoms with E-state index in [9.17, 15) is 10.1 Å². The summed E-state index contributed by atoms with van der Waals surface area (Å²) in [7, 11) is 0. The Kier molecular flexibility index (Phi) is 2.05. The lowest BCUT2D eigenvalue weighted by molar-refractivity contribution is -0.384. The molecule has 76 valence electrons. The molecule has 0 fully saturated rings. The van der Waals surface area contributed by atoms with E-state index in [1.54, 1.807) is 12.1 Å². The molecule has 0 spiro atoms. The number of nitro groups is 1. The number of nitro benzene ring substituents is 1. The van der Waals surface area contributed by atoms with Crippen LogP contribution < -0.4 is 5.84 Å². The number of nitrogens with zero attached hydrogens (tertiary/aromatic N) is 4. The van der Waals surface area contributed by atoms with Gasteiger partial charge in [-0.1, -0.05) is 12.1 Å². The molecule has 7 nitrogen and oxygen atoms in total. The Balaban J connectivity index is 2.45. The van der Waals surface area contributed by atoms with Gasteiger partial charge in [-0.25, -0.2) is 0 Å². The highest BCUT2D eigenvalue weighted by atomic mass is 16.6. The standard InChI is InChI=1S/C8H7N5O2/c9-12-5-8(10-11-12)6-2-1-3-7(4-6)13(14)15/h1-5H,9H2. The molecule has 2 aromatic rings. The number of aromatic nitrogens is 3. The summed E-state index contributed by atoms with van der Waals surface area (Å²) in [6.07, 6.45) is 1.49. The summed E-state index contributed by atoms with van der Waals surface area (Å²) in [5.41, 5.74) is 1.13. The van der Waals surface area contributed by atoms with Crippen LogP contribution in [0.4, 0.5) is 5.69 Å². The lowest BCUT2D eigenvalue weighted by Gasteiger charge is -1.94. The third-order valence-electron chi connectivity index (χ3n) is 1.86. The normalized spacial score (nSPS) is 10.1. The van der Waals surface area contributed by atoms with Gasteiger partial charge in [0, 0.05) is 17.7 Å². The third kappa shape index (κ3) is 1.75. The maximum absolute atomic E-state index is 10.5. The van der Waals surface area contributed by atoms with E-state index in [1.165, 1.54) is 18.3 Å². The molecule has 2 rings (SSSR count). The van der Waals surface area contributed by atoms with Crippen molar-refractivity contribution in [3.8, 4) is 11.3 Å². The molecule has 0 amide bonds. The molecule has 0 unspecified atom stereocenters. The lowest BCUT2D eigenvalue weighted by Crippen LogP contribution is -2.07. The predicted molar refractivity (Wildman–Crippen MR) is 52.3 cm³/mol. The zero-order valence-corrected chi connectivity index (χ0v) is 7.57. The van der Waals surface area contributed by atoms with E-state index in [-0.39, 0.29) is 5.69 Å². The second-order valence-corrected chi connectivity index (χ2v) is 2.89. The first-order chi connectivity index (χ1) is 7.16. The summed E-state index contributed by atoms with van der Waals surface area (Å²) >= 11 is 0. The van der Waals surface area contributed by atoms with Crippen molar-refractivity contribution in [2.45, 2.75) is 0 Å². The molecular weight excluding hydrogens is 198 g/mol. The van der Waals surface area contributed by atoms with Crippen LogP contribution in [0.25, 0.3) is 11.3 Å². The molecule has 0 aliphatic carbocycles. The highest BCUT2D eigenvalue weighted by Gasteiger charge is 2.08. The van der Waals surface area contributed by atoms with Crippen molar-refractivity contribution in [1.82, 2.24) is 15.1 Å². The first-order valence-electron chi connectivity index (χ1n) is 4.09. The highest BCUT2D eigenvalue weighted by molar-refractivity contribution is 5.61. The van der Waals surface area contributed by atoms with E-state index in [2.05, 4.69) is 10.3 Å². The fourth-order valence-electron chi connectivity index (χ4n) is 1.19. The SMILES string of the molecule is Nn1cc(-c2cccc([N+](=O)[O-])c2)nn1. The van der Waals surface area contributed by atoms with Crippen LogP contribution >= 0.6 is 0 Å². The number of non-ortho nitro benzene ring substituents is 1. The first kappa shape index (κ1) is 9.13. The second kappa shape index (κ2) is 3.37. The molecule has 0 saturated carbocycles. The van der Waals surface area contributed by atoms with E-state index in [4.69, 9.17) is 5.84 Å². The van der Waals surface area contributed by atoms with E-state index in [0.29, 0.717) is 11.3 Å². The Morgan fingerprint density at radius 3 is 2.87 bits per heavy atom. The predicted octanol–water partition coefficient (Wildman–Crippen LogP) is 0.567. The minimum atomic E-state index is -0.462. The number of nitrogens with two attached hydrogens (primary N) is 1. The van der Waals surface area contributed by atoms with Crippen molar-refractivity contribution < 1.29 is 4.92 Å². The van der Waals surface area contributed by atoms with Crippen molar-refractivity contribution in [2.24, 2.45) is 0 Å². The Morgan fingerprint density at radius 2 is 2.27 bits per heavy atom. The van der Waals surface area contributed by atoms with Crippen LogP contribution in [-0.2, 0) is 0 Å². The summed E-state index contributed by atoms with van der Waals surface area (Å²) in [4.78, 5) is 11.1. The van der Waals surface area contributed by atoms with Crippen LogP contribution in [0.1, 0.15) is 0 Å². The molecule has 1 aromatic heterocycles. The molecule has 0 bridgehead atoms. The monoisotopic (exact) mass is 205 g/mol. The van der Waals surface area contributed by atoms with Gasteiger partial charge in [-0.3, -0.25) is 10.1 Å². The summed E-state index contributed by atoms with van der Waals surface area (Å²) in [5.74, 6) is 5.32. The van der Waals surface area contributed by atoms with Gasteiger partial charge in [0.15, 0.2) is 0 Å². The summed E-state index contributed by atoms with van der Waals surface area (Å²) in [5, 5.41) is 17.8. The molecule has 15 heavy (non-hydrogen) atoms. The van der Waals surface area contributed by atoms with Gasteiger partial charge in [0.05, 0.1) is 11.1 Å². The highest BCUT2D eigenvalue weighted by Crippen LogP contribution is 2.20. The molecular formula is C8H7N5O2. The average Bonchev–Trinajstić information content (AvgIpc) is 2.65. The fourth-order valence-corrected chi connectivity index (χ4v) is 1.19. The molecule has 7 heteroatoms. The Labute approximate surface area is 84.2 Å². The van der Waals surface area contributed by atoms with Gasteiger partial charge in [-0.15, -0.1) is 5.10 Å². The van der Waals surface area contributed by atoms with Crippen LogP contribution in [0.3, 0.4) is 0 Å². The van der Waals surface area contributed by atoms with Crippen molar-refractivity contribution in [1.29, 1.82) is 0 Å². The molecule has 0 radical (unpaired) electrons. The minimum absolute atomic E-state index is 0.0130. The van der Waals surface area contributed by atoms with Crippen LogP contribution in [0.2, 0.25) is 0 Å². The summed E-state index contributed by atoms with van der Waals surface area (Å²) in [6, 6.07) is 6.13. The number of nitrogen functional groups attached to an aromatic ring is 1. The third-order valence-corrected chi connectivity index (χ3v) is 1.86. The molecule has 0 aliphatic heterocycles. The Bertz CT molecular complexity index is 507. The fraction of sp³-hybridized carbons (Fsp3) is 0. The van der Waals surface area contributed by atoms with E-state index in [0.717, 1.165) is 4.79 Å². The van der Waals surface area contributed by atoms with Gasteiger partial charge < -0.3 is 5.84 Å². The van der Waals surface area contributed by atoms with E-state index in [1.807, 2.05) is 0 Å². The topological polar surface area (TPSA) is 99.9 Å². The van der Waals surface area contributed by atoms with Gasteiger partial charge in [-0.05, 0) is 5.21 Å². The molecule has 0 atom stereocenters. The van der Waals surface area contributed by atoms with Crippen LogP contribution in [-0.4, -0.2) is 20.0 Å². The van der Waals surface area contributed by atoms with Gasteiger partial charge in [0.1, 0.15) is 5.69 Å². The number of hydrogen-bond acceptors (Lipinski definition) is 5. The first-order valence-corrected chi connectivity index (χ1v) is 4.09. The van der Waals surface area contributed by atoms with Crippen molar-refractivity contribution in [3.63, 3.8) is 0 Å². The zero-order chi connectivity index (χ0) is 10.8.